The van der Waals surface area contributed by atoms with Gasteiger partial charge in [0.25, 0.3) is 0 Å². The molecule has 0 N–H and O–H groups in total. The lowest BCUT2D eigenvalue weighted by atomic mass is 10.2. The SMILES string of the molecule is CC(=O)CC(C)OC(=O)CCC=O. The smallest absolute Gasteiger partial charge is 0.306 e. The Morgan fingerprint density at radius 1 is 1.46 bits per heavy atom. The fourth-order valence-corrected chi connectivity index (χ4v) is 0.907. The van der Waals surface area contributed by atoms with E-state index in [9.17, 15) is 14.4 Å². The third-order valence-electron chi connectivity index (χ3n) is 1.37. The Balaban J connectivity index is 3.64. The molecule has 0 aliphatic carbocycles. The second-order valence-electron chi connectivity index (χ2n) is 2.91. The first-order valence-corrected chi connectivity index (χ1v) is 4.18. The highest BCUT2D eigenvalue weighted by atomic mass is 16.5. The van der Waals surface area contributed by atoms with Crippen molar-refractivity contribution in [1.29, 1.82) is 0 Å². The quantitative estimate of drug-likeness (QED) is 0.456. The Bertz CT molecular complexity index is 198. The molecule has 0 aromatic rings. The first-order chi connectivity index (χ1) is 6.06. The highest BCUT2D eigenvalue weighted by molar-refractivity contribution is 5.77. The van der Waals surface area contributed by atoms with Crippen molar-refractivity contribution >= 4 is 18.0 Å². The molecule has 4 heteroatoms. The van der Waals surface area contributed by atoms with Crippen LogP contribution in [0.25, 0.3) is 0 Å². The minimum absolute atomic E-state index is 0.0179. The lowest BCUT2D eigenvalue weighted by Crippen LogP contribution is -2.17. The van der Waals surface area contributed by atoms with E-state index >= 15 is 0 Å². The van der Waals surface area contributed by atoms with Crippen LogP contribution in [0.5, 0.6) is 0 Å². The standard InChI is InChI=1S/C9H14O4/c1-7(11)6-8(2)13-9(12)4-3-5-10/h5,8H,3-4,6H2,1-2H3. The zero-order valence-corrected chi connectivity index (χ0v) is 7.91. The van der Waals surface area contributed by atoms with Gasteiger partial charge in [0.2, 0.25) is 0 Å². The van der Waals surface area contributed by atoms with Crippen molar-refractivity contribution in [2.75, 3.05) is 0 Å². The molecule has 0 fully saturated rings. The Hall–Kier alpha value is -1.19. The molecule has 74 valence electrons. The van der Waals surface area contributed by atoms with Crippen molar-refractivity contribution in [3.8, 4) is 0 Å². The summed E-state index contributed by atoms with van der Waals surface area (Å²) in [7, 11) is 0. The van der Waals surface area contributed by atoms with Crippen LogP contribution in [-0.4, -0.2) is 24.1 Å². The number of hydrogen-bond acceptors (Lipinski definition) is 4. The van der Waals surface area contributed by atoms with Gasteiger partial charge in [-0.15, -0.1) is 0 Å². The molecular weight excluding hydrogens is 172 g/mol. The van der Waals surface area contributed by atoms with Crippen molar-refractivity contribution in [2.45, 2.75) is 39.2 Å². The molecule has 0 aliphatic heterocycles. The van der Waals surface area contributed by atoms with Crippen molar-refractivity contribution < 1.29 is 19.1 Å². The summed E-state index contributed by atoms with van der Waals surface area (Å²) < 4.78 is 4.84. The molecule has 0 aromatic heterocycles. The molecule has 0 aromatic carbocycles. The first kappa shape index (κ1) is 11.8. The molecule has 0 heterocycles. The topological polar surface area (TPSA) is 60.4 Å². The molecule has 0 saturated carbocycles. The molecule has 0 aliphatic rings. The zero-order valence-electron chi connectivity index (χ0n) is 7.91. The summed E-state index contributed by atoms with van der Waals surface area (Å²) in [4.78, 5) is 31.4. The van der Waals surface area contributed by atoms with E-state index < -0.39 is 12.1 Å². The molecule has 0 amide bonds. The zero-order chi connectivity index (χ0) is 10.3. The van der Waals surface area contributed by atoms with Gasteiger partial charge < -0.3 is 9.53 Å². The van der Waals surface area contributed by atoms with Crippen LogP contribution in [0, 0.1) is 0 Å². The Labute approximate surface area is 77.3 Å². The lowest BCUT2D eigenvalue weighted by molar-refractivity contribution is -0.149. The predicted molar refractivity (Wildman–Crippen MR) is 46.2 cm³/mol. The van der Waals surface area contributed by atoms with Gasteiger partial charge >= 0.3 is 5.97 Å². The molecule has 4 nitrogen and oxygen atoms in total. The number of ketones is 1. The van der Waals surface area contributed by atoms with Crippen LogP contribution in [0.1, 0.15) is 33.1 Å². The molecule has 0 spiro atoms. The van der Waals surface area contributed by atoms with Crippen molar-refractivity contribution in [2.24, 2.45) is 0 Å². The van der Waals surface area contributed by atoms with Crippen LogP contribution in [0.15, 0.2) is 0 Å². The Morgan fingerprint density at radius 3 is 2.54 bits per heavy atom. The summed E-state index contributed by atoms with van der Waals surface area (Å²) in [5, 5.41) is 0. The summed E-state index contributed by atoms with van der Waals surface area (Å²) >= 11 is 0. The van der Waals surface area contributed by atoms with E-state index in [2.05, 4.69) is 0 Å². The maximum atomic E-state index is 10.9. The lowest BCUT2D eigenvalue weighted by Gasteiger charge is -2.10. The van der Waals surface area contributed by atoms with Gasteiger partial charge in [-0.3, -0.25) is 9.59 Å². The van der Waals surface area contributed by atoms with Crippen LogP contribution in [0.3, 0.4) is 0 Å². The summed E-state index contributed by atoms with van der Waals surface area (Å²) in [6, 6.07) is 0. The number of ether oxygens (including phenoxy) is 1. The van der Waals surface area contributed by atoms with Crippen molar-refractivity contribution in [3.05, 3.63) is 0 Å². The van der Waals surface area contributed by atoms with Gasteiger partial charge in [-0.1, -0.05) is 0 Å². The van der Waals surface area contributed by atoms with E-state index in [4.69, 9.17) is 4.74 Å². The minimum Gasteiger partial charge on any atom is -0.462 e. The molecule has 1 unspecified atom stereocenters. The van der Waals surface area contributed by atoms with Crippen LogP contribution in [0.4, 0.5) is 0 Å². The second-order valence-corrected chi connectivity index (χ2v) is 2.91. The summed E-state index contributed by atoms with van der Waals surface area (Å²) in [5.41, 5.74) is 0. The molecule has 13 heavy (non-hydrogen) atoms. The number of esters is 1. The third kappa shape index (κ3) is 7.18. The van der Waals surface area contributed by atoms with E-state index in [-0.39, 0.29) is 25.0 Å². The van der Waals surface area contributed by atoms with Crippen molar-refractivity contribution in [3.63, 3.8) is 0 Å². The van der Waals surface area contributed by atoms with E-state index in [1.54, 1.807) is 6.92 Å². The number of Topliss-reactive ketones (excluding diaryl/α,β-unsaturated/α-hetero) is 1. The summed E-state index contributed by atoms with van der Waals surface area (Å²) in [6.45, 7) is 3.09. The van der Waals surface area contributed by atoms with Gasteiger partial charge in [0.1, 0.15) is 18.2 Å². The van der Waals surface area contributed by atoms with Gasteiger partial charge in [0.05, 0.1) is 6.42 Å². The van der Waals surface area contributed by atoms with Crippen LogP contribution in [-0.2, 0) is 19.1 Å². The molecule has 0 saturated heterocycles. The fourth-order valence-electron chi connectivity index (χ4n) is 0.907. The van der Waals surface area contributed by atoms with Gasteiger partial charge in [0.15, 0.2) is 0 Å². The highest BCUT2D eigenvalue weighted by Crippen LogP contribution is 2.01. The molecule has 0 radical (unpaired) electrons. The minimum atomic E-state index is -0.430. The van der Waals surface area contributed by atoms with Gasteiger partial charge in [-0.05, 0) is 13.8 Å². The summed E-state index contributed by atoms with van der Waals surface area (Å²) in [6.07, 6.45) is 0.762. The van der Waals surface area contributed by atoms with Gasteiger partial charge in [-0.25, -0.2) is 0 Å². The largest absolute Gasteiger partial charge is 0.462 e. The van der Waals surface area contributed by atoms with Crippen LogP contribution >= 0.6 is 0 Å². The predicted octanol–water partition coefficient (Wildman–Crippen LogP) is 0.876. The highest BCUT2D eigenvalue weighted by Gasteiger charge is 2.10. The number of carbonyl (C=O) groups excluding carboxylic acids is 3. The van der Waals surface area contributed by atoms with E-state index in [0.717, 1.165) is 0 Å². The summed E-state index contributed by atoms with van der Waals surface area (Å²) in [5.74, 6) is -0.448. The van der Waals surface area contributed by atoms with Gasteiger partial charge in [0, 0.05) is 12.8 Å². The maximum Gasteiger partial charge on any atom is 0.306 e. The van der Waals surface area contributed by atoms with Crippen LogP contribution in [0.2, 0.25) is 0 Å². The normalized spacial score (nSPS) is 11.8. The Morgan fingerprint density at radius 2 is 2.08 bits per heavy atom. The van der Waals surface area contributed by atoms with Crippen molar-refractivity contribution in [1.82, 2.24) is 0 Å². The van der Waals surface area contributed by atoms with E-state index in [0.29, 0.717) is 6.29 Å². The van der Waals surface area contributed by atoms with Crippen LogP contribution < -0.4 is 0 Å². The van der Waals surface area contributed by atoms with E-state index in [1.807, 2.05) is 0 Å². The monoisotopic (exact) mass is 186 g/mol. The average molecular weight is 186 g/mol. The second kappa shape index (κ2) is 6.34. The molecule has 0 bridgehead atoms. The third-order valence-corrected chi connectivity index (χ3v) is 1.37. The Kier molecular flexibility index (Phi) is 5.76. The molecule has 0 rings (SSSR count). The molecular formula is C9H14O4. The van der Waals surface area contributed by atoms with Gasteiger partial charge in [-0.2, -0.15) is 0 Å². The first-order valence-electron chi connectivity index (χ1n) is 4.18. The maximum absolute atomic E-state index is 10.9. The number of aldehydes is 1. The number of carbonyl (C=O) groups is 3. The number of rotatable bonds is 6. The average Bonchev–Trinajstić information content (AvgIpc) is 1.98. The molecule has 1 atom stereocenters. The number of hydrogen-bond donors (Lipinski definition) is 0. The van der Waals surface area contributed by atoms with E-state index in [1.165, 1.54) is 6.92 Å². The fraction of sp³-hybridized carbons (Fsp3) is 0.667.